The number of rotatable bonds is 6. The molecule has 5 nitrogen and oxygen atoms in total. The van der Waals surface area contributed by atoms with Crippen LogP contribution in [0.4, 0.5) is 37.8 Å². The first-order valence-corrected chi connectivity index (χ1v) is 13.6. The van der Waals surface area contributed by atoms with Gasteiger partial charge in [-0.25, -0.2) is 4.98 Å². The largest absolute Gasteiger partial charge is 0.416 e. The molecule has 0 bridgehead atoms. The van der Waals surface area contributed by atoms with E-state index in [1.807, 2.05) is 4.90 Å². The Labute approximate surface area is 248 Å². The summed E-state index contributed by atoms with van der Waals surface area (Å²) in [5.41, 5.74) is -4.29. The molecule has 2 aromatic carbocycles. The lowest BCUT2D eigenvalue weighted by Gasteiger charge is -2.32. The van der Waals surface area contributed by atoms with Crippen molar-refractivity contribution in [3.05, 3.63) is 75.4 Å². The van der Waals surface area contributed by atoms with Crippen LogP contribution in [0.1, 0.15) is 43.4 Å². The average molecular weight is 634 g/mol. The molecule has 1 aliphatic heterocycles. The van der Waals surface area contributed by atoms with Crippen molar-refractivity contribution in [2.45, 2.75) is 50.5 Å². The second kappa shape index (κ2) is 11.6. The highest BCUT2D eigenvalue weighted by atomic mass is 35.5. The lowest BCUT2D eigenvalue weighted by atomic mass is 9.81. The number of alkyl halides is 6. The first-order chi connectivity index (χ1) is 19.5. The standard InChI is InChI=1S/C29H27Cl2F6N3O2/c1-27(2,16-10-17(28(32,33)34)12-18(11-16)29(35,36)37)26(42)39(3)23-14-38-24(40-9-5-6-19(40)15-41)13-21(23)20-7-4-8-22(30)25(20)31/h4,7-8,10-14,19,41H,5-6,9,15H2,1-3H3/t19-/m0/s1. The highest BCUT2D eigenvalue weighted by molar-refractivity contribution is 6.43. The van der Waals surface area contributed by atoms with E-state index in [0.29, 0.717) is 35.6 Å². The number of carbonyl (C=O) groups excluding carboxylic acids is 1. The fraction of sp³-hybridized carbons (Fsp3) is 0.379. The predicted molar refractivity (Wildman–Crippen MR) is 150 cm³/mol. The number of anilines is 2. The number of hydrogen-bond acceptors (Lipinski definition) is 4. The summed E-state index contributed by atoms with van der Waals surface area (Å²) < 4.78 is 81.4. The normalized spacial score (nSPS) is 16.2. The zero-order chi connectivity index (χ0) is 31.2. The third-order valence-corrected chi connectivity index (χ3v) is 8.32. The summed E-state index contributed by atoms with van der Waals surface area (Å²) in [7, 11) is 1.35. The van der Waals surface area contributed by atoms with Gasteiger partial charge < -0.3 is 14.9 Å². The van der Waals surface area contributed by atoms with Gasteiger partial charge >= 0.3 is 12.4 Å². The van der Waals surface area contributed by atoms with Gasteiger partial charge in [-0.1, -0.05) is 35.3 Å². The summed E-state index contributed by atoms with van der Waals surface area (Å²) in [6.07, 6.45) is -7.18. The van der Waals surface area contributed by atoms with Crippen molar-refractivity contribution in [1.82, 2.24) is 4.98 Å². The minimum atomic E-state index is -5.07. The number of aliphatic hydroxyl groups is 1. The molecule has 0 aliphatic carbocycles. The number of amides is 1. The maximum Gasteiger partial charge on any atom is 0.416 e. The molecule has 1 N–H and O–H groups in total. The van der Waals surface area contributed by atoms with Crippen LogP contribution in [0.3, 0.4) is 0 Å². The van der Waals surface area contributed by atoms with Gasteiger partial charge in [0, 0.05) is 24.7 Å². The number of benzene rings is 2. The molecule has 1 fully saturated rings. The van der Waals surface area contributed by atoms with E-state index in [1.165, 1.54) is 27.1 Å². The number of aliphatic hydroxyl groups excluding tert-OH is 1. The highest BCUT2D eigenvalue weighted by Gasteiger charge is 2.41. The number of pyridine rings is 1. The summed E-state index contributed by atoms with van der Waals surface area (Å²) >= 11 is 12.8. The van der Waals surface area contributed by atoms with Crippen molar-refractivity contribution in [3.8, 4) is 11.1 Å². The molecule has 4 rings (SSSR count). The van der Waals surface area contributed by atoms with Crippen LogP contribution in [0, 0.1) is 0 Å². The van der Waals surface area contributed by atoms with Crippen molar-refractivity contribution in [1.29, 1.82) is 0 Å². The summed E-state index contributed by atoms with van der Waals surface area (Å²) in [6, 6.07) is 7.51. The number of carbonyl (C=O) groups is 1. The Kier molecular flexibility index (Phi) is 8.79. The van der Waals surface area contributed by atoms with E-state index in [1.54, 1.807) is 24.3 Å². The summed E-state index contributed by atoms with van der Waals surface area (Å²) in [6.45, 7) is 3.04. The lowest BCUT2D eigenvalue weighted by molar-refractivity contribution is -0.143. The van der Waals surface area contributed by atoms with Crippen molar-refractivity contribution < 1.29 is 36.2 Å². The van der Waals surface area contributed by atoms with Gasteiger partial charge in [0.05, 0.1) is 51.1 Å². The zero-order valence-corrected chi connectivity index (χ0v) is 24.3. The monoisotopic (exact) mass is 633 g/mol. The second-order valence-electron chi connectivity index (χ2n) is 10.6. The first kappa shape index (κ1) is 31.9. The SMILES string of the molecule is CN(C(=O)C(C)(C)c1cc(C(F)(F)F)cc(C(F)(F)F)c1)c1cnc(N2CCC[C@H]2CO)cc1-c1cccc(Cl)c1Cl. The molecule has 3 aromatic rings. The van der Waals surface area contributed by atoms with E-state index in [-0.39, 0.29) is 34.4 Å². The van der Waals surface area contributed by atoms with Crippen molar-refractivity contribution in [3.63, 3.8) is 0 Å². The number of halogens is 8. The molecule has 0 unspecified atom stereocenters. The van der Waals surface area contributed by atoms with Crippen LogP contribution in [0.25, 0.3) is 11.1 Å². The maximum atomic E-state index is 13.9. The Hall–Kier alpha value is -3.02. The highest BCUT2D eigenvalue weighted by Crippen LogP contribution is 2.43. The Morgan fingerprint density at radius 3 is 2.17 bits per heavy atom. The quantitative estimate of drug-likeness (QED) is 0.280. The Balaban J connectivity index is 1.84. The molecule has 0 spiro atoms. The maximum absolute atomic E-state index is 13.9. The lowest BCUT2D eigenvalue weighted by Crippen LogP contribution is -2.42. The van der Waals surface area contributed by atoms with Gasteiger partial charge in [0.25, 0.3) is 0 Å². The van der Waals surface area contributed by atoms with Crippen LogP contribution < -0.4 is 9.80 Å². The fourth-order valence-corrected chi connectivity index (χ4v) is 5.49. The van der Waals surface area contributed by atoms with E-state index in [0.717, 1.165) is 17.7 Å². The molecule has 1 atom stereocenters. The molecule has 226 valence electrons. The van der Waals surface area contributed by atoms with Crippen LogP contribution in [0.15, 0.2) is 48.7 Å². The Morgan fingerprint density at radius 2 is 1.60 bits per heavy atom. The van der Waals surface area contributed by atoms with Gasteiger partial charge in [0.1, 0.15) is 5.82 Å². The Morgan fingerprint density at radius 1 is 1.00 bits per heavy atom. The summed E-state index contributed by atoms with van der Waals surface area (Å²) in [5.74, 6) is -0.299. The number of nitrogens with zero attached hydrogens (tertiary/aromatic N) is 3. The number of likely N-dealkylation sites (N-methyl/N-ethyl adjacent to an activating group) is 1. The van der Waals surface area contributed by atoms with Crippen LogP contribution in [-0.4, -0.2) is 42.2 Å². The molecule has 13 heteroatoms. The van der Waals surface area contributed by atoms with Crippen molar-refractivity contribution in [2.24, 2.45) is 0 Å². The predicted octanol–water partition coefficient (Wildman–Crippen LogP) is 7.99. The van der Waals surface area contributed by atoms with Crippen molar-refractivity contribution in [2.75, 3.05) is 30.0 Å². The molecule has 1 aromatic heterocycles. The number of aromatic nitrogens is 1. The van der Waals surface area contributed by atoms with Crippen LogP contribution in [-0.2, 0) is 22.6 Å². The van der Waals surface area contributed by atoms with Gasteiger partial charge in [-0.2, -0.15) is 26.3 Å². The molecule has 1 aliphatic rings. The minimum Gasteiger partial charge on any atom is -0.394 e. The third-order valence-electron chi connectivity index (χ3n) is 7.50. The van der Waals surface area contributed by atoms with Crippen LogP contribution in [0.5, 0.6) is 0 Å². The van der Waals surface area contributed by atoms with Gasteiger partial charge in [-0.15, -0.1) is 0 Å². The molecule has 0 radical (unpaired) electrons. The smallest absolute Gasteiger partial charge is 0.394 e. The van der Waals surface area contributed by atoms with Gasteiger partial charge in [-0.05, 0) is 62.6 Å². The topological polar surface area (TPSA) is 56.7 Å². The molecular formula is C29H27Cl2F6N3O2. The summed E-state index contributed by atoms with van der Waals surface area (Å²) in [5, 5.41) is 10.2. The molecule has 2 heterocycles. The van der Waals surface area contributed by atoms with E-state index in [9.17, 15) is 36.2 Å². The van der Waals surface area contributed by atoms with E-state index >= 15 is 0 Å². The van der Waals surface area contributed by atoms with Gasteiger partial charge in [0.15, 0.2) is 0 Å². The first-order valence-electron chi connectivity index (χ1n) is 12.9. The fourth-order valence-electron chi connectivity index (χ4n) is 5.08. The van der Waals surface area contributed by atoms with Gasteiger partial charge in [-0.3, -0.25) is 4.79 Å². The third kappa shape index (κ3) is 6.18. The number of hydrogen-bond donors (Lipinski definition) is 1. The average Bonchev–Trinajstić information content (AvgIpc) is 3.41. The van der Waals surface area contributed by atoms with Crippen LogP contribution in [0.2, 0.25) is 10.0 Å². The minimum absolute atomic E-state index is 0.0215. The van der Waals surface area contributed by atoms with Gasteiger partial charge in [0.2, 0.25) is 5.91 Å². The molecule has 1 amide bonds. The van der Waals surface area contributed by atoms with Crippen LogP contribution >= 0.6 is 23.2 Å². The molecular weight excluding hydrogens is 607 g/mol. The van der Waals surface area contributed by atoms with Crippen molar-refractivity contribution >= 4 is 40.6 Å². The van der Waals surface area contributed by atoms with E-state index in [2.05, 4.69) is 4.98 Å². The van der Waals surface area contributed by atoms with E-state index in [4.69, 9.17) is 23.2 Å². The Bertz CT molecular complexity index is 1460. The molecule has 0 saturated carbocycles. The second-order valence-corrected chi connectivity index (χ2v) is 11.4. The summed E-state index contributed by atoms with van der Waals surface area (Å²) in [4.78, 5) is 21.4. The molecule has 1 saturated heterocycles. The van der Waals surface area contributed by atoms with E-state index < -0.39 is 40.4 Å². The zero-order valence-electron chi connectivity index (χ0n) is 22.7. The molecule has 42 heavy (non-hydrogen) atoms.